The van der Waals surface area contributed by atoms with Gasteiger partial charge >= 0.3 is 0 Å². The van der Waals surface area contributed by atoms with Gasteiger partial charge in [0.05, 0.1) is 32.4 Å². The lowest BCUT2D eigenvalue weighted by Gasteiger charge is -2.39. The van der Waals surface area contributed by atoms with Crippen LogP contribution in [0.2, 0.25) is 0 Å². The van der Waals surface area contributed by atoms with Gasteiger partial charge in [0.25, 0.3) is 0 Å². The van der Waals surface area contributed by atoms with Gasteiger partial charge in [0, 0.05) is 26.2 Å². The molecule has 0 aliphatic carbocycles. The van der Waals surface area contributed by atoms with E-state index in [1.165, 1.54) is 16.7 Å². The zero-order valence-corrected chi connectivity index (χ0v) is 21.0. The first kappa shape index (κ1) is 26.9. The first-order valence-corrected chi connectivity index (χ1v) is 12.1. The van der Waals surface area contributed by atoms with E-state index in [1.54, 1.807) is 0 Å². The molecular weight excluding hydrogens is 456 g/mol. The van der Waals surface area contributed by atoms with Crippen LogP contribution >= 0.6 is 12.4 Å². The number of nitrogens with zero attached hydrogens (tertiary/aromatic N) is 2. The largest absolute Gasteiger partial charge is 0.374 e. The summed E-state index contributed by atoms with van der Waals surface area (Å²) in [5, 5.41) is 0. The Balaban J connectivity index is 0.00000342. The van der Waals surface area contributed by atoms with Gasteiger partial charge in [-0.15, -0.1) is 12.4 Å². The minimum Gasteiger partial charge on any atom is -0.374 e. The van der Waals surface area contributed by atoms with Crippen LogP contribution in [-0.2, 0) is 16.1 Å². The van der Waals surface area contributed by atoms with Gasteiger partial charge in [-0.05, 0) is 16.7 Å². The molecule has 35 heavy (non-hydrogen) atoms. The third kappa shape index (κ3) is 8.81. The lowest BCUT2D eigenvalue weighted by Crippen LogP contribution is -2.47. The van der Waals surface area contributed by atoms with Gasteiger partial charge in [-0.1, -0.05) is 103 Å². The Morgan fingerprint density at radius 1 is 0.657 bits per heavy atom. The molecule has 0 aromatic heterocycles. The topological polar surface area (TPSA) is 24.9 Å². The van der Waals surface area contributed by atoms with Gasteiger partial charge in [-0.25, -0.2) is 0 Å². The lowest BCUT2D eigenvalue weighted by atomic mass is 9.96. The highest BCUT2D eigenvalue weighted by atomic mass is 35.5. The molecule has 1 fully saturated rings. The third-order valence-electron chi connectivity index (χ3n) is 6.09. The molecule has 0 bridgehead atoms. The van der Waals surface area contributed by atoms with E-state index in [0.717, 1.165) is 32.7 Å². The summed E-state index contributed by atoms with van der Waals surface area (Å²) in [6.45, 7) is 7.15. The molecule has 4 rings (SSSR count). The van der Waals surface area contributed by atoms with Crippen molar-refractivity contribution in [3.05, 3.63) is 108 Å². The van der Waals surface area contributed by atoms with Crippen LogP contribution in [-0.4, -0.2) is 62.3 Å². The summed E-state index contributed by atoms with van der Waals surface area (Å²) in [7, 11) is 0. The molecule has 1 heterocycles. The van der Waals surface area contributed by atoms with E-state index in [0.29, 0.717) is 32.5 Å². The van der Waals surface area contributed by atoms with Gasteiger partial charge in [-0.2, -0.15) is 0 Å². The standard InChI is InChI=1S/C30H34N2O2.ClH/c1-4-12-27(13-5-1)26-34-25-24-33-23-11-10-18-31-19-21-32(22-20-31)30(28-14-6-2-7-15-28)29-16-8-3-9-17-29;/h1-9,12-17,30H,18-26H2;1H. The van der Waals surface area contributed by atoms with E-state index in [1.807, 2.05) is 18.2 Å². The van der Waals surface area contributed by atoms with Crippen molar-refractivity contribution in [2.75, 3.05) is 52.5 Å². The zero-order chi connectivity index (χ0) is 23.3. The van der Waals surface area contributed by atoms with Crippen LogP contribution in [0.4, 0.5) is 0 Å². The van der Waals surface area contributed by atoms with Gasteiger partial charge < -0.3 is 9.47 Å². The third-order valence-corrected chi connectivity index (χ3v) is 6.09. The van der Waals surface area contributed by atoms with Crippen molar-refractivity contribution in [3.8, 4) is 11.8 Å². The predicted octanol–water partition coefficient (Wildman–Crippen LogP) is 5.05. The Kier molecular flexibility index (Phi) is 11.8. The van der Waals surface area contributed by atoms with Crippen LogP contribution in [0.15, 0.2) is 91.0 Å². The first-order chi connectivity index (χ1) is 16.9. The van der Waals surface area contributed by atoms with Gasteiger partial charge in [0.1, 0.15) is 6.61 Å². The molecule has 184 valence electrons. The highest BCUT2D eigenvalue weighted by Gasteiger charge is 2.25. The van der Waals surface area contributed by atoms with Crippen molar-refractivity contribution < 1.29 is 9.47 Å². The molecule has 1 aliphatic heterocycles. The Bertz CT molecular complexity index is 974. The minimum absolute atomic E-state index is 0. The van der Waals surface area contributed by atoms with Crippen LogP contribution in [0.1, 0.15) is 22.7 Å². The maximum Gasteiger partial charge on any atom is 0.107 e. The summed E-state index contributed by atoms with van der Waals surface area (Å²) in [4.78, 5) is 5.02. The molecular formula is C30H35ClN2O2. The van der Waals surface area contributed by atoms with Crippen molar-refractivity contribution in [2.24, 2.45) is 0 Å². The van der Waals surface area contributed by atoms with Crippen molar-refractivity contribution >= 4 is 12.4 Å². The van der Waals surface area contributed by atoms with Crippen LogP contribution in [0.3, 0.4) is 0 Å². The monoisotopic (exact) mass is 490 g/mol. The molecule has 0 unspecified atom stereocenters. The van der Waals surface area contributed by atoms with E-state index in [9.17, 15) is 0 Å². The molecule has 0 N–H and O–H groups in total. The molecule has 0 saturated carbocycles. The molecule has 4 nitrogen and oxygen atoms in total. The summed E-state index contributed by atoms with van der Waals surface area (Å²) in [5.74, 6) is 6.41. The maximum absolute atomic E-state index is 5.63. The van der Waals surface area contributed by atoms with Gasteiger partial charge in [0.15, 0.2) is 0 Å². The average molecular weight is 491 g/mol. The number of ether oxygens (including phenoxy) is 2. The fraction of sp³-hybridized carbons (Fsp3) is 0.333. The van der Waals surface area contributed by atoms with E-state index in [-0.39, 0.29) is 12.4 Å². The second kappa shape index (κ2) is 15.4. The summed E-state index contributed by atoms with van der Waals surface area (Å²) >= 11 is 0. The fourth-order valence-corrected chi connectivity index (χ4v) is 4.29. The van der Waals surface area contributed by atoms with E-state index >= 15 is 0 Å². The molecule has 0 atom stereocenters. The second-order valence-corrected chi connectivity index (χ2v) is 8.48. The average Bonchev–Trinajstić information content (AvgIpc) is 2.90. The number of rotatable bonds is 10. The maximum atomic E-state index is 5.63. The highest BCUT2D eigenvalue weighted by Crippen LogP contribution is 2.29. The number of hydrogen-bond donors (Lipinski definition) is 0. The van der Waals surface area contributed by atoms with Gasteiger partial charge in [-0.3, -0.25) is 9.80 Å². The fourth-order valence-electron chi connectivity index (χ4n) is 4.29. The molecule has 3 aromatic rings. The number of piperazine rings is 1. The van der Waals surface area contributed by atoms with Crippen LogP contribution < -0.4 is 0 Å². The quantitative estimate of drug-likeness (QED) is 0.293. The van der Waals surface area contributed by atoms with E-state index in [2.05, 4.69) is 94.4 Å². The van der Waals surface area contributed by atoms with Crippen molar-refractivity contribution in [3.63, 3.8) is 0 Å². The van der Waals surface area contributed by atoms with Crippen LogP contribution in [0.5, 0.6) is 0 Å². The molecule has 1 saturated heterocycles. The summed E-state index contributed by atoms with van der Waals surface area (Å²) < 4.78 is 11.2. The van der Waals surface area contributed by atoms with Crippen molar-refractivity contribution in [2.45, 2.75) is 12.6 Å². The van der Waals surface area contributed by atoms with E-state index in [4.69, 9.17) is 9.47 Å². The Morgan fingerprint density at radius 3 is 1.80 bits per heavy atom. The van der Waals surface area contributed by atoms with Crippen LogP contribution in [0, 0.1) is 11.8 Å². The molecule has 3 aromatic carbocycles. The summed E-state index contributed by atoms with van der Waals surface area (Å²) in [5.41, 5.74) is 3.89. The summed E-state index contributed by atoms with van der Waals surface area (Å²) in [6, 6.07) is 32.1. The lowest BCUT2D eigenvalue weighted by molar-refractivity contribution is 0.0519. The number of benzene rings is 3. The van der Waals surface area contributed by atoms with Crippen LogP contribution in [0.25, 0.3) is 0 Å². The molecule has 0 amide bonds. The molecule has 1 aliphatic rings. The van der Waals surface area contributed by atoms with Crippen molar-refractivity contribution in [1.82, 2.24) is 9.80 Å². The predicted molar refractivity (Wildman–Crippen MR) is 145 cm³/mol. The normalized spacial score (nSPS) is 14.2. The number of halogens is 1. The second-order valence-electron chi connectivity index (χ2n) is 8.48. The van der Waals surface area contributed by atoms with Gasteiger partial charge in [0.2, 0.25) is 0 Å². The zero-order valence-electron chi connectivity index (χ0n) is 20.2. The first-order valence-electron chi connectivity index (χ1n) is 12.1. The highest BCUT2D eigenvalue weighted by molar-refractivity contribution is 5.85. The Hall–Kier alpha value is -2.65. The molecule has 0 spiro atoms. The Morgan fingerprint density at radius 2 is 1.20 bits per heavy atom. The molecule has 0 radical (unpaired) electrons. The SMILES string of the molecule is C(#CCN1CCN(C(c2ccccc2)c2ccccc2)CC1)COCCOCc1ccccc1.Cl. The number of hydrogen-bond acceptors (Lipinski definition) is 4. The smallest absolute Gasteiger partial charge is 0.107 e. The minimum atomic E-state index is 0. The Labute approximate surface area is 216 Å². The summed E-state index contributed by atoms with van der Waals surface area (Å²) in [6.07, 6.45) is 0. The van der Waals surface area contributed by atoms with Crippen molar-refractivity contribution in [1.29, 1.82) is 0 Å². The molecule has 5 heteroatoms. The van der Waals surface area contributed by atoms with E-state index < -0.39 is 0 Å².